The number of sulfonamides is 1. The van der Waals surface area contributed by atoms with Crippen molar-refractivity contribution in [3.63, 3.8) is 0 Å². The molecule has 1 N–H and O–H groups in total. The summed E-state index contributed by atoms with van der Waals surface area (Å²) in [4.78, 5) is 26.7. The Labute approximate surface area is 141 Å². The second kappa shape index (κ2) is 7.52. The Hall–Kier alpha value is -2.29. The van der Waals surface area contributed by atoms with Gasteiger partial charge < -0.3 is 14.5 Å². The molecule has 2 rings (SSSR count). The number of hydrogen-bond acceptors (Lipinski definition) is 5. The zero-order valence-electron chi connectivity index (χ0n) is 13.7. The Morgan fingerprint density at radius 1 is 1.04 bits per heavy atom. The highest BCUT2D eigenvalue weighted by atomic mass is 32.2. The van der Waals surface area contributed by atoms with Gasteiger partial charge in [0.2, 0.25) is 0 Å². The van der Waals surface area contributed by atoms with Gasteiger partial charge in [0.1, 0.15) is 0 Å². The van der Waals surface area contributed by atoms with Gasteiger partial charge in [0.25, 0.3) is 10.0 Å². The maximum atomic E-state index is 12.3. The molecule has 9 heteroatoms. The van der Waals surface area contributed by atoms with Gasteiger partial charge in [-0.15, -0.1) is 0 Å². The van der Waals surface area contributed by atoms with Crippen molar-refractivity contribution in [3.8, 4) is 0 Å². The predicted octanol–water partition coefficient (Wildman–Crippen LogP) is 1.17. The van der Waals surface area contributed by atoms with Crippen molar-refractivity contribution in [2.45, 2.75) is 18.2 Å². The van der Waals surface area contributed by atoms with Crippen molar-refractivity contribution < 1.29 is 22.7 Å². The van der Waals surface area contributed by atoms with E-state index in [0.717, 1.165) is 5.56 Å². The molecule has 1 aromatic carbocycles. The molecule has 0 saturated carbocycles. The molecule has 8 nitrogen and oxygen atoms in total. The minimum atomic E-state index is -3.92. The Balaban J connectivity index is 2.01. The highest BCUT2D eigenvalue weighted by molar-refractivity contribution is 7.90. The molecular weight excluding hydrogens is 334 g/mol. The highest BCUT2D eigenvalue weighted by Crippen LogP contribution is 2.11. The lowest BCUT2D eigenvalue weighted by Gasteiger charge is -2.21. The molecule has 0 unspecified atom stereocenters. The van der Waals surface area contributed by atoms with Crippen LogP contribution in [0.15, 0.2) is 29.2 Å². The first-order valence-electron chi connectivity index (χ1n) is 7.55. The monoisotopic (exact) mass is 355 g/mol. The molecule has 1 aliphatic heterocycles. The van der Waals surface area contributed by atoms with Crippen LogP contribution in [0.25, 0.3) is 0 Å². The third kappa shape index (κ3) is 4.38. The van der Waals surface area contributed by atoms with E-state index in [-0.39, 0.29) is 11.4 Å². The van der Waals surface area contributed by atoms with Crippen LogP contribution in [0.5, 0.6) is 0 Å². The third-order valence-corrected chi connectivity index (χ3v) is 5.11. The lowest BCUT2D eigenvalue weighted by molar-refractivity contribution is 0.125. The summed E-state index contributed by atoms with van der Waals surface area (Å²) >= 11 is 0. The summed E-state index contributed by atoms with van der Waals surface area (Å²) in [5, 5.41) is 0. The van der Waals surface area contributed by atoms with E-state index in [1.807, 2.05) is 6.92 Å². The summed E-state index contributed by atoms with van der Waals surface area (Å²) in [5.74, 6) is 0. The quantitative estimate of drug-likeness (QED) is 0.859. The van der Waals surface area contributed by atoms with Gasteiger partial charge in [0.05, 0.1) is 12.0 Å². The third-order valence-electron chi connectivity index (χ3n) is 3.77. The van der Waals surface area contributed by atoms with Crippen molar-refractivity contribution in [2.75, 3.05) is 33.3 Å². The number of aryl methyl sites for hydroxylation is 1. The lowest BCUT2D eigenvalue weighted by Crippen LogP contribution is -2.44. The number of nitrogens with one attached hydrogen (secondary N) is 1. The summed E-state index contributed by atoms with van der Waals surface area (Å²) in [6.07, 6.45) is 0.0946. The van der Waals surface area contributed by atoms with E-state index in [0.29, 0.717) is 26.1 Å². The largest absolute Gasteiger partial charge is 0.453 e. The van der Waals surface area contributed by atoms with Crippen molar-refractivity contribution in [3.05, 3.63) is 29.8 Å². The molecule has 132 valence electrons. The van der Waals surface area contributed by atoms with E-state index in [4.69, 9.17) is 0 Å². The average molecular weight is 355 g/mol. The minimum Gasteiger partial charge on any atom is -0.453 e. The van der Waals surface area contributed by atoms with Crippen LogP contribution in [0.4, 0.5) is 9.59 Å². The normalized spacial score (nSPS) is 15.6. The molecule has 1 saturated heterocycles. The Kier molecular flexibility index (Phi) is 5.66. The predicted molar refractivity (Wildman–Crippen MR) is 87.1 cm³/mol. The van der Waals surface area contributed by atoms with Gasteiger partial charge in [-0.05, 0) is 25.5 Å². The first kappa shape index (κ1) is 18.1. The molecule has 1 heterocycles. The Morgan fingerprint density at radius 2 is 1.62 bits per heavy atom. The molecular formula is C15H21N3O5S. The van der Waals surface area contributed by atoms with E-state index in [1.165, 1.54) is 29.0 Å². The van der Waals surface area contributed by atoms with Gasteiger partial charge in [-0.3, -0.25) is 0 Å². The summed E-state index contributed by atoms with van der Waals surface area (Å²) in [6.45, 7) is 3.21. The van der Waals surface area contributed by atoms with Gasteiger partial charge in [-0.1, -0.05) is 17.7 Å². The first-order valence-corrected chi connectivity index (χ1v) is 9.03. The molecule has 1 fully saturated rings. The van der Waals surface area contributed by atoms with Gasteiger partial charge in [0, 0.05) is 26.2 Å². The van der Waals surface area contributed by atoms with Gasteiger partial charge in [0.15, 0.2) is 0 Å². The number of urea groups is 1. The number of carbonyl (C=O) groups excluding carboxylic acids is 2. The van der Waals surface area contributed by atoms with Crippen LogP contribution in [0.1, 0.15) is 12.0 Å². The SMILES string of the molecule is COC(=O)N1CCCN(C(=O)NS(=O)(=O)c2ccc(C)cc2)CC1. The minimum absolute atomic E-state index is 0.0347. The van der Waals surface area contributed by atoms with Gasteiger partial charge in [-0.2, -0.15) is 0 Å². The molecule has 0 aliphatic carbocycles. The molecule has 0 bridgehead atoms. The number of rotatable bonds is 2. The number of carbonyl (C=O) groups is 2. The van der Waals surface area contributed by atoms with Gasteiger partial charge >= 0.3 is 12.1 Å². The summed E-state index contributed by atoms with van der Waals surface area (Å²) in [5.41, 5.74) is 0.927. The molecule has 1 aromatic rings. The maximum absolute atomic E-state index is 12.3. The molecule has 1 aliphatic rings. The van der Waals surface area contributed by atoms with E-state index in [1.54, 1.807) is 12.1 Å². The number of amides is 3. The standard InChI is InChI=1S/C15H21N3O5S/c1-12-4-6-13(7-5-12)24(21,22)16-14(19)17-8-3-9-18(11-10-17)15(20)23-2/h4-7H,3,8-11H2,1-2H3,(H,16,19). The zero-order valence-corrected chi connectivity index (χ0v) is 14.5. The summed E-state index contributed by atoms with van der Waals surface area (Å²) < 4.78 is 31.2. The number of hydrogen-bond donors (Lipinski definition) is 1. The summed E-state index contributed by atoms with van der Waals surface area (Å²) in [6, 6.07) is 5.54. The molecule has 24 heavy (non-hydrogen) atoms. The van der Waals surface area contributed by atoms with Crippen LogP contribution in [0.3, 0.4) is 0 Å². The highest BCUT2D eigenvalue weighted by Gasteiger charge is 2.25. The van der Waals surface area contributed by atoms with Crippen LogP contribution in [-0.2, 0) is 14.8 Å². The maximum Gasteiger partial charge on any atom is 0.409 e. The second-order valence-corrected chi connectivity index (χ2v) is 7.20. The van der Waals surface area contributed by atoms with Crippen molar-refractivity contribution in [1.82, 2.24) is 14.5 Å². The topological polar surface area (TPSA) is 96.0 Å². The zero-order chi connectivity index (χ0) is 17.7. The smallest absolute Gasteiger partial charge is 0.409 e. The van der Waals surface area contributed by atoms with Crippen LogP contribution >= 0.6 is 0 Å². The van der Waals surface area contributed by atoms with Crippen LogP contribution in [-0.4, -0.2) is 63.6 Å². The lowest BCUT2D eigenvalue weighted by atomic mass is 10.2. The number of methoxy groups -OCH3 is 1. The first-order chi connectivity index (χ1) is 11.3. The molecule has 0 spiro atoms. The Morgan fingerprint density at radius 3 is 2.25 bits per heavy atom. The Bertz CT molecular complexity index is 702. The average Bonchev–Trinajstić information content (AvgIpc) is 2.80. The van der Waals surface area contributed by atoms with Gasteiger partial charge in [-0.25, -0.2) is 22.7 Å². The number of nitrogens with zero attached hydrogens (tertiary/aromatic N) is 2. The van der Waals surface area contributed by atoms with Crippen molar-refractivity contribution in [1.29, 1.82) is 0 Å². The van der Waals surface area contributed by atoms with E-state index in [2.05, 4.69) is 9.46 Å². The van der Waals surface area contributed by atoms with Crippen LogP contribution < -0.4 is 4.72 Å². The van der Waals surface area contributed by atoms with Crippen molar-refractivity contribution >= 4 is 22.1 Å². The van der Waals surface area contributed by atoms with Crippen LogP contribution in [0, 0.1) is 6.92 Å². The fourth-order valence-electron chi connectivity index (χ4n) is 2.39. The fraction of sp³-hybridized carbons (Fsp3) is 0.467. The molecule has 0 aromatic heterocycles. The van der Waals surface area contributed by atoms with E-state index in [9.17, 15) is 18.0 Å². The van der Waals surface area contributed by atoms with E-state index < -0.39 is 22.1 Å². The van der Waals surface area contributed by atoms with Crippen molar-refractivity contribution in [2.24, 2.45) is 0 Å². The van der Waals surface area contributed by atoms with E-state index >= 15 is 0 Å². The molecule has 0 radical (unpaired) electrons. The molecule has 3 amide bonds. The second-order valence-electron chi connectivity index (χ2n) is 5.52. The van der Waals surface area contributed by atoms with Crippen LogP contribution in [0.2, 0.25) is 0 Å². The fourth-order valence-corrected chi connectivity index (χ4v) is 3.36. The summed E-state index contributed by atoms with van der Waals surface area (Å²) in [7, 11) is -2.62. The number of benzene rings is 1. The molecule has 0 atom stereocenters. The number of ether oxygens (including phenoxy) is 1.